The van der Waals surface area contributed by atoms with Gasteiger partial charge in [0.1, 0.15) is 6.10 Å². The quantitative estimate of drug-likeness (QED) is 0.530. The van der Waals surface area contributed by atoms with E-state index in [1.807, 2.05) is 44.2 Å². The highest BCUT2D eigenvalue weighted by molar-refractivity contribution is 5.99. The summed E-state index contributed by atoms with van der Waals surface area (Å²) in [5.74, 6) is 0.0646. The Morgan fingerprint density at radius 2 is 2.00 bits per heavy atom. The maximum atomic E-state index is 12.1. The van der Waals surface area contributed by atoms with Crippen LogP contribution in [-0.4, -0.2) is 18.5 Å². The van der Waals surface area contributed by atoms with Gasteiger partial charge >= 0.3 is 0 Å². The lowest BCUT2D eigenvalue weighted by Gasteiger charge is -2.15. The van der Waals surface area contributed by atoms with Gasteiger partial charge in [0.2, 0.25) is 0 Å². The summed E-state index contributed by atoms with van der Waals surface area (Å²) in [6.07, 6.45) is 1.17. The van der Waals surface area contributed by atoms with Crippen LogP contribution in [-0.2, 0) is 4.74 Å². The van der Waals surface area contributed by atoms with Gasteiger partial charge in [-0.15, -0.1) is 6.58 Å². The number of hydrogen-bond donors (Lipinski definition) is 0. The Hall–Kier alpha value is -1.41. The fraction of sp³-hybridized carbons (Fsp3) is 0.400. The van der Waals surface area contributed by atoms with Crippen LogP contribution in [0.25, 0.3) is 0 Å². The minimum atomic E-state index is -0.336. The first-order chi connectivity index (χ1) is 8.15. The summed E-state index contributed by atoms with van der Waals surface area (Å²) in [4.78, 5) is 12.1. The molecule has 0 amide bonds. The molecule has 0 spiro atoms. The van der Waals surface area contributed by atoms with Gasteiger partial charge in [-0.3, -0.25) is 4.79 Å². The van der Waals surface area contributed by atoms with Crippen LogP contribution >= 0.6 is 0 Å². The number of Topliss-reactive ketones (excluding diaryl/α,β-unsaturated/α-hetero) is 1. The summed E-state index contributed by atoms with van der Waals surface area (Å²) < 4.78 is 5.61. The number of benzene rings is 1. The minimum absolute atomic E-state index is 0.0646. The average molecular weight is 232 g/mol. The maximum absolute atomic E-state index is 12.1. The summed E-state index contributed by atoms with van der Waals surface area (Å²) in [6.45, 7) is 8.30. The van der Waals surface area contributed by atoms with Gasteiger partial charge in [0, 0.05) is 5.56 Å². The Kier molecular flexibility index (Phi) is 5.64. The largest absolute Gasteiger partial charge is 0.370 e. The maximum Gasteiger partial charge on any atom is 0.191 e. The lowest BCUT2D eigenvalue weighted by molar-refractivity contribution is 0.0407. The third-order valence-corrected chi connectivity index (χ3v) is 2.57. The number of carbonyl (C=O) groups excluding carboxylic acids is 1. The fourth-order valence-electron chi connectivity index (χ4n) is 1.54. The molecule has 2 nitrogen and oxygen atoms in total. The predicted molar refractivity (Wildman–Crippen MR) is 70.2 cm³/mol. The molecule has 1 atom stereocenters. The lowest BCUT2D eigenvalue weighted by atomic mass is 10.0. The average Bonchev–Trinajstić information content (AvgIpc) is 2.34. The summed E-state index contributed by atoms with van der Waals surface area (Å²) in [7, 11) is 0. The molecule has 1 unspecified atom stereocenters. The molecule has 0 bridgehead atoms. The first-order valence-electron chi connectivity index (χ1n) is 6.00. The molecule has 0 N–H and O–H groups in total. The molecule has 92 valence electrons. The second-order valence-corrected chi connectivity index (χ2v) is 4.21. The molecule has 1 aromatic rings. The molecule has 0 aliphatic carbocycles. The van der Waals surface area contributed by atoms with Gasteiger partial charge in [-0.2, -0.15) is 0 Å². The van der Waals surface area contributed by atoms with E-state index in [2.05, 4.69) is 6.58 Å². The summed E-state index contributed by atoms with van der Waals surface area (Å²) in [5, 5.41) is 0. The Morgan fingerprint density at radius 1 is 1.35 bits per heavy atom. The fourth-order valence-corrected chi connectivity index (χ4v) is 1.54. The summed E-state index contributed by atoms with van der Waals surface area (Å²) in [6, 6.07) is 9.29. The first kappa shape index (κ1) is 13.7. The summed E-state index contributed by atoms with van der Waals surface area (Å²) >= 11 is 0. The number of ether oxygens (including phenoxy) is 1. The van der Waals surface area contributed by atoms with E-state index < -0.39 is 0 Å². The van der Waals surface area contributed by atoms with Crippen LogP contribution in [0.1, 0.15) is 37.0 Å². The van der Waals surface area contributed by atoms with Crippen molar-refractivity contribution >= 4 is 5.78 Å². The highest BCUT2D eigenvalue weighted by Gasteiger charge is 2.18. The number of ketones is 1. The Labute approximate surface area is 103 Å². The standard InChI is InChI=1S/C15H20O2/c1-4-14(17-11-10-12(2)3)15(16)13-8-6-5-7-9-13/h5-9,14H,2,4,10-11H2,1,3H3. The van der Waals surface area contributed by atoms with E-state index in [-0.39, 0.29) is 11.9 Å². The van der Waals surface area contributed by atoms with Crippen molar-refractivity contribution in [2.45, 2.75) is 32.8 Å². The first-order valence-corrected chi connectivity index (χ1v) is 6.00. The Morgan fingerprint density at radius 3 is 2.53 bits per heavy atom. The molecule has 0 fully saturated rings. The number of carbonyl (C=O) groups is 1. The van der Waals surface area contributed by atoms with Gasteiger partial charge in [0.05, 0.1) is 6.61 Å². The van der Waals surface area contributed by atoms with Crippen LogP contribution in [0.2, 0.25) is 0 Å². The van der Waals surface area contributed by atoms with E-state index in [0.717, 1.165) is 17.6 Å². The van der Waals surface area contributed by atoms with Gasteiger partial charge < -0.3 is 4.74 Å². The molecule has 2 heteroatoms. The zero-order valence-electron chi connectivity index (χ0n) is 10.6. The molecule has 1 aromatic carbocycles. The summed E-state index contributed by atoms with van der Waals surface area (Å²) in [5.41, 5.74) is 1.79. The van der Waals surface area contributed by atoms with Gasteiger partial charge in [-0.25, -0.2) is 0 Å². The smallest absolute Gasteiger partial charge is 0.191 e. The Bertz CT molecular complexity index is 368. The molecule has 0 radical (unpaired) electrons. The van der Waals surface area contributed by atoms with E-state index in [4.69, 9.17) is 4.74 Å². The molecule has 0 heterocycles. The molecular formula is C15H20O2. The third kappa shape index (κ3) is 4.53. The van der Waals surface area contributed by atoms with Crippen molar-refractivity contribution in [2.75, 3.05) is 6.61 Å². The molecule has 17 heavy (non-hydrogen) atoms. The van der Waals surface area contributed by atoms with E-state index in [9.17, 15) is 4.79 Å². The topological polar surface area (TPSA) is 26.3 Å². The van der Waals surface area contributed by atoms with Gasteiger partial charge in [0.25, 0.3) is 0 Å². The van der Waals surface area contributed by atoms with Gasteiger partial charge in [-0.1, -0.05) is 42.8 Å². The van der Waals surface area contributed by atoms with Crippen LogP contribution in [0.15, 0.2) is 42.5 Å². The van der Waals surface area contributed by atoms with Crippen molar-refractivity contribution in [1.29, 1.82) is 0 Å². The molecule has 0 aliphatic heterocycles. The van der Waals surface area contributed by atoms with Crippen molar-refractivity contribution in [3.63, 3.8) is 0 Å². The molecule has 0 saturated heterocycles. The number of rotatable bonds is 7. The van der Waals surface area contributed by atoms with Crippen molar-refractivity contribution in [3.8, 4) is 0 Å². The number of hydrogen-bond acceptors (Lipinski definition) is 2. The highest BCUT2D eigenvalue weighted by atomic mass is 16.5. The van der Waals surface area contributed by atoms with Crippen LogP contribution in [0.5, 0.6) is 0 Å². The van der Waals surface area contributed by atoms with Crippen LogP contribution in [0.4, 0.5) is 0 Å². The molecule has 0 aliphatic rings. The normalized spacial score (nSPS) is 12.1. The van der Waals surface area contributed by atoms with E-state index in [0.29, 0.717) is 13.0 Å². The molecule has 0 aromatic heterocycles. The Balaban J connectivity index is 2.56. The highest BCUT2D eigenvalue weighted by Crippen LogP contribution is 2.10. The SMILES string of the molecule is C=C(C)CCOC(CC)C(=O)c1ccccc1. The van der Waals surface area contributed by atoms with Crippen LogP contribution in [0.3, 0.4) is 0 Å². The van der Waals surface area contributed by atoms with Crippen LogP contribution < -0.4 is 0 Å². The van der Waals surface area contributed by atoms with Gasteiger partial charge in [-0.05, 0) is 19.8 Å². The minimum Gasteiger partial charge on any atom is -0.370 e. The zero-order valence-corrected chi connectivity index (χ0v) is 10.6. The van der Waals surface area contributed by atoms with Crippen molar-refractivity contribution < 1.29 is 9.53 Å². The third-order valence-electron chi connectivity index (χ3n) is 2.57. The second kappa shape index (κ2) is 7.02. The second-order valence-electron chi connectivity index (χ2n) is 4.21. The lowest BCUT2D eigenvalue weighted by Crippen LogP contribution is -2.24. The van der Waals surface area contributed by atoms with Crippen molar-refractivity contribution in [2.24, 2.45) is 0 Å². The van der Waals surface area contributed by atoms with Crippen molar-refractivity contribution in [1.82, 2.24) is 0 Å². The van der Waals surface area contributed by atoms with E-state index in [1.165, 1.54) is 0 Å². The predicted octanol–water partition coefficient (Wildman–Crippen LogP) is 3.63. The van der Waals surface area contributed by atoms with Crippen molar-refractivity contribution in [3.05, 3.63) is 48.0 Å². The molecule has 0 saturated carbocycles. The van der Waals surface area contributed by atoms with E-state index in [1.54, 1.807) is 0 Å². The van der Waals surface area contributed by atoms with Gasteiger partial charge in [0.15, 0.2) is 5.78 Å². The zero-order chi connectivity index (χ0) is 12.7. The van der Waals surface area contributed by atoms with Crippen LogP contribution in [0, 0.1) is 0 Å². The molecule has 1 rings (SSSR count). The molecular weight excluding hydrogens is 212 g/mol. The van der Waals surface area contributed by atoms with E-state index >= 15 is 0 Å². The monoisotopic (exact) mass is 232 g/mol.